The maximum absolute atomic E-state index is 11.5. The van der Waals surface area contributed by atoms with E-state index in [1.807, 2.05) is 4.90 Å². The van der Waals surface area contributed by atoms with Gasteiger partial charge in [0.25, 0.3) is 0 Å². The molecule has 0 aromatic carbocycles. The van der Waals surface area contributed by atoms with Crippen LogP contribution in [0.5, 0.6) is 0 Å². The number of urea groups is 1. The van der Waals surface area contributed by atoms with Crippen molar-refractivity contribution in [2.24, 2.45) is 0 Å². The Labute approximate surface area is 80.1 Å². The highest BCUT2D eigenvalue weighted by molar-refractivity contribution is 5.73. The summed E-state index contributed by atoms with van der Waals surface area (Å²) in [5, 5.41) is 0. The lowest BCUT2D eigenvalue weighted by Gasteiger charge is -2.35. The molecule has 0 aliphatic carbocycles. The molecular weight excluding hydrogens is 166 g/mol. The van der Waals surface area contributed by atoms with Gasteiger partial charge >= 0.3 is 6.03 Å². The van der Waals surface area contributed by atoms with Gasteiger partial charge in [-0.1, -0.05) is 0 Å². The van der Waals surface area contributed by atoms with E-state index >= 15 is 0 Å². The van der Waals surface area contributed by atoms with Crippen LogP contribution >= 0.6 is 0 Å². The van der Waals surface area contributed by atoms with Crippen LogP contribution in [0.4, 0.5) is 4.79 Å². The van der Waals surface area contributed by atoms with Crippen molar-refractivity contribution in [3.05, 3.63) is 6.92 Å². The summed E-state index contributed by atoms with van der Waals surface area (Å²) in [4.78, 5) is 17.3. The van der Waals surface area contributed by atoms with Crippen molar-refractivity contribution >= 4 is 6.03 Å². The first-order valence-electron chi connectivity index (χ1n) is 4.63. The molecule has 1 aliphatic rings. The average molecular weight is 184 g/mol. The first-order chi connectivity index (χ1) is 6.15. The van der Waals surface area contributed by atoms with Crippen LogP contribution < -0.4 is 0 Å². The largest absolute Gasteiger partial charge is 0.331 e. The number of hydrogen-bond acceptors (Lipinski definition) is 2. The third kappa shape index (κ3) is 2.59. The predicted octanol–water partition coefficient (Wildman–Crippen LogP) is 0.120. The topological polar surface area (TPSA) is 26.8 Å². The van der Waals surface area contributed by atoms with Gasteiger partial charge in [-0.2, -0.15) is 0 Å². The molecule has 0 bridgehead atoms. The number of piperazine rings is 1. The maximum Gasteiger partial charge on any atom is 0.319 e. The van der Waals surface area contributed by atoms with Gasteiger partial charge in [-0.15, -0.1) is 0 Å². The number of nitrogens with zero attached hydrogens (tertiary/aromatic N) is 3. The second-order valence-electron chi connectivity index (χ2n) is 3.51. The molecule has 0 atom stereocenters. The zero-order valence-corrected chi connectivity index (χ0v) is 8.49. The van der Waals surface area contributed by atoms with Gasteiger partial charge in [-0.25, -0.2) is 4.79 Å². The summed E-state index contributed by atoms with van der Waals surface area (Å²) in [6.45, 7) is 8.21. The van der Waals surface area contributed by atoms with E-state index in [1.54, 1.807) is 19.0 Å². The molecule has 0 aromatic rings. The predicted molar refractivity (Wildman–Crippen MR) is 52.5 cm³/mol. The second-order valence-corrected chi connectivity index (χ2v) is 3.51. The maximum atomic E-state index is 11.5. The van der Waals surface area contributed by atoms with Gasteiger partial charge in [-0.3, -0.25) is 4.90 Å². The normalized spacial score (nSPS) is 18.8. The molecule has 4 nitrogen and oxygen atoms in total. The van der Waals surface area contributed by atoms with Gasteiger partial charge in [0.1, 0.15) is 0 Å². The van der Waals surface area contributed by atoms with E-state index in [2.05, 4.69) is 11.8 Å². The van der Waals surface area contributed by atoms with Crippen LogP contribution in [0.2, 0.25) is 0 Å². The Morgan fingerprint density at radius 3 is 2.23 bits per heavy atom. The number of carbonyl (C=O) groups is 1. The molecular formula is C9H18N3O. The molecule has 1 heterocycles. The Morgan fingerprint density at radius 2 is 1.85 bits per heavy atom. The molecule has 0 spiro atoms. The Kier molecular flexibility index (Phi) is 3.54. The Morgan fingerprint density at radius 1 is 1.31 bits per heavy atom. The number of hydrogen-bond donors (Lipinski definition) is 0. The van der Waals surface area contributed by atoms with E-state index in [-0.39, 0.29) is 6.03 Å². The van der Waals surface area contributed by atoms with Crippen molar-refractivity contribution in [3.63, 3.8) is 0 Å². The Balaban J connectivity index is 2.36. The smallest absolute Gasteiger partial charge is 0.319 e. The molecule has 1 aliphatic heterocycles. The minimum atomic E-state index is 0.115. The van der Waals surface area contributed by atoms with Crippen molar-refractivity contribution in [3.8, 4) is 0 Å². The Hall–Kier alpha value is -0.770. The van der Waals surface area contributed by atoms with Gasteiger partial charge in [-0.05, 0) is 13.5 Å². The zero-order valence-electron chi connectivity index (χ0n) is 8.49. The Bertz CT molecular complexity index is 174. The molecule has 0 aromatic heterocycles. The summed E-state index contributed by atoms with van der Waals surface area (Å²) in [7, 11) is 3.58. The van der Waals surface area contributed by atoms with Crippen LogP contribution in [-0.2, 0) is 0 Å². The van der Waals surface area contributed by atoms with Crippen molar-refractivity contribution in [1.82, 2.24) is 14.7 Å². The third-order valence-corrected chi connectivity index (χ3v) is 2.34. The van der Waals surface area contributed by atoms with Crippen LogP contribution in [0, 0.1) is 6.92 Å². The highest BCUT2D eigenvalue weighted by atomic mass is 16.2. The fraction of sp³-hybridized carbons (Fsp3) is 0.778. The van der Waals surface area contributed by atoms with Crippen LogP contribution in [0.15, 0.2) is 0 Å². The van der Waals surface area contributed by atoms with E-state index in [4.69, 9.17) is 0 Å². The highest BCUT2D eigenvalue weighted by Crippen LogP contribution is 2.02. The third-order valence-electron chi connectivity index (χ3n) is 2.34. The average Bonchev–Trinajstić information content (AvgIpc) is 2.17. The quantitative estimate of drug-likeness (QED) is 0.578. The molecule has 0 unspecified atom stereocenters. The van der Waals surface area contributed by atoms with Gasteiger partial charge in [0.05, 0.1) is 0 Å². The molecule has 1 saturated heterocycles. The van der Waals surface area contributed by atoms with Crippen molar-refractivity contribution in [2.75, 3.05) is 46.8 Å². The molecule has 75 valence electrons. The molecule has 2 amide bonds. The molecule has 1 radical (unpaired) electrons. The zero-order chi connectivity index (χ0) is 9.84. The van der Waals surface area contributed by atoms with Crippen LogP contribution in [0.3, 0.4) is 0 Å². The van der Waals surface area contributed by atoms with Crippen molar-refractivity contribution in [2.45, 2.75) is 0 Å². The van der Waals surface area contributed by atoms with E-state index in [1.165, 1.54) is 0 Å². The van der Waals surface area contributed by atoms with Gasteiger partial charge in [0.2, 0.25) is 0 Å². The monoisotopic (exact) mass is 184 g/mol. The molecule has 0 saturated carbocycles. The van der Waals surface area contributed by atoms with E-state index in [0.717, 1.165) is 32.7 Å². The minimum Gasteiger partial charge on any atom is -0.331 e. The standard InChI is InChI=1S/C9H18N3O/c1-4-11-5-7-12(8-6-11)9(13)10(2)3/h1,4-8H2,2-3H3. The summed E-state index contributed by atoms with van der Waals surface area (Å²) in [5.41, 5.74) is 0. The van der Waals surface area contributed by atoms with Crippen molar-refractivity contribution in [1.29, 1.82) is 0 Å². The summed E-state index contributed by atoms with van der Waals surface area (Å²) in [6, 6.07) is 0.115. The summed E-state index contributed by atoms with van der Waals surface area (Å²) in [6.07, 6.45) is 0. The molecule has 0 N–H and O–H groups in total. The fourth-order valence-electron chi connectivity index (χ4n) is 1.45. The van der Waals surface area contributed by atoms with E-state index in [9.17, 15) is 4.79 Å². The first kappa shape index (κ1) is 10.3. The summed E-state index contributed by atoms with van der Waals surface area (Å²) < 4.78 is 0. The first-order valence-corrected chi connectivity index (χ1v) is 4.63. The fourth-order valence-corrected chi connectivity index (χ4v) is 1.45. The van der Waals surface area contributed by atoms with Crippen LogP contribution in [-0.4, -0.2) is 67.5 Å². The summed E-state index contributed by atoms with van der Waals surface area (Å²) in [5.74, 6) is 0. The second kappa shape index (κ2) is 4.46. The van der Waals surface area contributed by atoms with Gasteiger partial charge in [0.15, 0.2) is 0 Å². The lowest BCUT2D eigenvalue weighted by molar-refractivity contribution is 0.129. The molecule has 13 heavy (non-hydrogen) atoms. The van der Waals surface area contributed by atoms with Crippen molar-refractivity contribution < 1.29 is 4.79 Å². The van der Waals surface area contributed by atoms with Gasteiger partial charge < -0.3 is 9.80 Å². The van der Waals surface area contributed by atoms with Gasteiger partial charge in [0, 0.05) is 40.3 Å². The van der Waals surface area contributed by atoms with Crippen LogP contribution in [0.25, 0.3) is 0 Å². The lowest BCUT2D eigenvalue weighted by Crippen LogP contribution is -2.51. The highest BCUT2D eigenvalue weighted by Gasteiger charge is 2.20. The number of rotatable bonds is 1. The van der Waals surface area contributed by atoms with E-state index in [0.29, 0.717) is 0 Å². The molecule has 1 fully saturated rings. The number of carbonyl (C=O) groups excluding carboxylic acids is 1. The lowest BCUT2D eigenvalue weighted by atomic mass is 10.3. The molecule has 1 rings (SSSR count). The molecule has 4 heteroatoms. The van der Waals surface area contributed by atoms with E-state index < -0.39 is 0 Å². The summed E-state index contributed by atoms with van der Waals surface area (Å²) >= 11 is 0. The van der Waals surface area contributed by atoms with Crippen LogP contribution in [0.1, 0.15) is 0 Å². The SMILES string of the molecule is [CH2]CN1CCN(C(=O)N(C)C)CC1. The minimum absolute atomic E-state index is 0.115. The number of amides is 2.